The van der Waals surface area contributed by atoms with Gasteiger partial charge >= 0.3 is 0 Å². The van der Waals surface area contributed by atoms with E-state index in [1.165, 1.54) is 0 Å². The Balaban J connectivity index is 2.10. The fourth-order valence-corrected chi connectivity index (χ4v) is 2.68. The Morgan fingerprint density at radius 1 is 1.33 bits per heavy atom. The zero-order chi connectivity index (χ0) is 10.9. The Morgan fingerprint density at radius 2 is 2.07 bits per heavy atom. The second kappa shape index (κ2) is 7.52. The van der Waals surface area contributed by atoms with Crippen molar-refractivity contribution in [1.29, 1.82) is 0 Å². The van der Waals surface area contributed by atoms with Crippen molar-refractivity contribution in [2.24, 2.45) is 0 Å². The van der Waals surface area contributed by atoms with Gasteiger partial charge in [-0.05, 0) is 24.3 Å². The largest absolute Gasteiger partial charge is 0.508 e. The molecule has 1 rings (SSSR count). The van der Waals surface area contributed by atoms with Crippen molar-refractivity contribution in [2.45, 2.75) is 4.90 Å². The van der Waals surface area contributed by atoms with Crippen LogP contribution in [-0.4, -0.2) is 24.1 Å². The molecule has 80 valence electrons. The van der Waals surface area contributed by atoms with Gasteiger partial charge in [-0.25, -0.2) is 0 Å². The zero-order valence-corrected chi connectivity index (χ0v) is 9.81. The Hall–Kier alpha value is -0.760. The molecule has 0 saturated heterocycles. The number of rotatable bonds is 6. The van der Waals surface area contributed by atoms with Gasteiger partial charge in [-0.3, -0.25) is 0 Å². The highest BCUT2D eigenvalue weighted by molar-refractivity contribution is 8.76. The molecular formula is C11H12O2S2. The summed E-state index contributed by atoms with van der Waals surface area (Å²) in [6, 6.07) is 7.13. The highest BCUT2D eigenvalue weighted by Gasteiger charge is 1.95. The van der Waals surface area contributed by atoms with Gasteiger partial charge in [0.25, 0.3) is 0 Å². The lowest BCUT2D eigenvalue weighted by molar-refractivity contribution is 0.185. The van der Waals surface area contributed by atoms with Crippen molar-refractivity contribution in [1.82, 2.24) is 0 Å². The first-order valence-corrected chi connectivity index (χ1v) is 6.74. The molecule has 0 spiro atoms. The van der Waals surface area contributed by atoms with E-state index < -0.39 is 0 Å². The minimum atomic E-state index is 0.293. The van der Waals surface area contributed by atoms with Crippen LogP contribution < -0.4 is 0 Å². The predicted octanol–water partition coefficient (Wildman–Crippen LogP) is 2.78. The van der Waals surface area contributed by atoms with Crippen LogP contribution in [0, 0.1) is 12.3 Å². The van der Waals surface area contributed by atoms with Crippen LogP contribution >= 0.6 is 21.6 Å². The van der Waals surface area contributed by atoms with Crippen LogP contribution in [0.2, 0.25) is 0 Å². The first-order chi connectivity index (χ1) is 7.33. The highest BCUT2D eigenvalue weighted by atomic mass is 33.1. The van der Waals surface area contributed by atoms with E-state index >= 15 is 0 Å². The molecule has 0 bridgehead atoms. The topological polar surface area (TPSA) is 29.5 Å². The molecule has 0 unspecified atom stereocenters. The van der Waals surface area contributed by atoms with Crippen LogP contribution in [-0.2, 0) is 4.74 Å². The van der Waals surface area contributed by atoms with E-state index in [1.807, 2.05) is 12.1 Å². The number of benzene rings is 1. The Morgan fingerprint density at radius 3 is 2.73 bits per heavy atom. The normalized spacial score (nSPS) is 9.80. The average Bonchev–Trinajstić information content (AvgIpc) is 2.26. The molecule has 0 aromatic heterocycles. The van der Waals surface area contributed by atoms with Crippen molar-refractivity contribution in [3.05, 3.63) is 24.3 Å². The van der Waals surface area contributed by atoms with Crippen molar-refractivity contribution in [3.8, 4) is 18.1 Å². The second-order valence-corrected chi connectivity index (χ2v) is 5.15. The Kier molecular flexibility index (Phi) is 6.17. The van der Waals surface area contributed by atoms with Gasteiger partial charge in [0.15, 0.2) is 0 Å². The number of aromatic hydroxyl groups is 1. The molecule has 0 heterocycles. The van der Waals surface area contributed by atoms with Gasteiger partial charge in [-0.2, -0.15) is 0 Å². The summed E-state index contributed by atoms with van der Waals surface area (Å²) < 4.78 is 5.13. The first-order valence-electron chi connectivity index (χ1n) is 4.42. The average molecular weight is 240 g/mol. The molecule has 0 saturated carbocycles. The van der Waals surface area contributed by atoms with E-state index in [0.717, 1.165) is 10.6 Å². The fraction of sp³-hybridized carbons (Fsp3) is 0.273. The number of hydrogen-bond donors (Lipinski definition) is 1. The van der Waals surface area contributed by atoms with Crippen LogP contribution in [0.25, 0.3) is 0 Å². The van der Waals surface area contributed by atoms with Gasteiger partial charge in [0, 0.05) is 10.6 Å². The molecule has 2 nitrogen and oxygen atoms in total. The van der Waals surface area contributed by atoms with Gasteiger partial charge < -0.3 is 9.84 Å². The summed E-state index contributed by atoms with van der Waals surface area (Å²) in [4.78, 5) is 1.12. The van der Waals surface area contributed by atoms with Crippen LogP contribution in [0.1, 0.15) is 0 Å². The van der Waals surface area contributed by atoms with Crippen molar-refractivity contribution < 1.29 is 9.84 Å². The number of ether oxygens (including phenoxy) is 1. The summed E-state index contributed by atoms with van der Waals surface area (Å²) in [5.41, 5.74) is 0. The van der Waals surface area contributed by atoms with Gasteiger partial charge in [-0.15, -0.1) is 6.42 Å². The third-order valence-corrected chi connectivity index (χ3v) is 3.83. The van der Waals surface area contributed by atoms with E-state index in [4.69, 9.17) is 16.3 Å². The second-order valence-electron chi connectivity index (χ2n) is 2.66. The minimum absolute atomic E-state index is 0.293. The van der Waals surface area contributed by atoms with Crippen molar-refractivity contribution in [2.75, 3.05) is 19.0 Å². The summed E-state index contributed by atoms with van der Waals surface area (Å²) >= 11 is 0. The summed E-state index contributed by atoms with van der Waals surface area (Å²) in [7, 11) is 3.37. The molecule has 0 radical (unpaired) electrons. The summed E-state index contributed by atoms with van der Waals surface area (Å²) in [6.07, 6.45) is 5.04. The fourth-order valence-electron chi connectivity index (χ4n) is 0.835. The van der Waals surface area contributed by atoms with Crippen LogP contribution in [0.15, 0.2) is 29.2 Å². The Labute approximate surface area is 97.8 Å². The van der Waals surface area contributed by atoms with Gasteiger partial charge in [0.1, 0.15) is 12.4 Å². The molecule has 0 aliphatic rings. The summed E-state index contributed by atoms with van der Waals surface area (Å²) in [6.45, 7) is 1.05. The van der Waals surface area contributed by atoms with E-state index in [1.54, 1.807) is 33.7 Å². The molecule has 4 heteroatoms. The number of terminal acetylenes is 1. The van der Waals surface area contributed by atoms with E-state index in [-0.39, 0.29) is 0 Å². The molecule has 0 aliphatic heterocycles. The molecule has 15 heavy (non-hydrogen) atoms. The van der Waals surface area contributed by atoms with Crippen molar-refractivity contribution >= 4 is 21.6 Å². The lowest BCUT2D eigenvalue weighted by Gasteiger charge is -2.01. The lowest BCUT2D eigenvalue weighted by atomic mass is 10.3. The van der Waals surface area contributed by atoms with E-state index in [9.17, 15) is 0 Å². The summed E-state index contributed by atoms with van der Waals surface area (Å²) in [5, 5.41) is 9.07. The smallest absolute Gasteiger partial charge is 0.115 e. The molecule has 0 amide bonds. The molecule has 0 atom stereocenters. The maximum Gasteiger partial charge on any atom is 0.115 e. The standard InChI is InChI=1S/C11H12O2S2/c1-2-7-13-8-9-14-15-11-5-3-10(12)4-6-11/h1,3-6,12H,7-9H2. The molecular weight excluding hydrogens is 228 g/mol. The summed E-state index contributed by atoms with van der Waals surface area (Å²) in [5.74, 6) is 3.61. The number of hydrogen-bond acceptors (Lipinski definition) is 4. The van der Waals surface area contributed by atoms with Crippen LogP contribution in [0.3, 0.4) is 0 Å². The quantitative estimate of drug-likeness (QED) is 0.470. The SMILES string of the molecule is C#CCOCCSSc1ccc(O)cc1. The van der Waals surface area contributed by atoms with Crippen LogP contribution in [0.5, 0.6) is 5.75 Å². The predicted molar refractivity (Wildman–Crippen MR) is 66.1 cm³/mol. The van der Waals surface area contributed by atoms with Crippen molar-refractivity contribution in [3.63, 3.8) is 0 Å². The highest BCUT2D eigenvalue weighted by Crippen LogP contribution is 2.31. The lowest BCUT2D eigenvalue weighted by Crippen LogP contribution is -1.95. The van der Waals surface area contributed by atoms with E-state index in [2.05, 4.69) is 5.92 Å². The minimum Gasteiger partial charge on any atom is -0.508 e. The third-order valence-electron chi connectivity index (χ3n) is 1.49. The molecule has 0 fully saturated rings. The Bertz CT molecular complexity index is 316. The first kappa shape index (κ1) is 12.3. The third kappa shape index (κ3) is 5.63. The van der Waals surface area contributed by atoms with Crippen LogP contribution in [0.4, 0.5) is 0 Å². The number of phenolic OH excluding ortho intramolecular Hbond substituents is 1. The molecule has 0 aliphatic carbocycles. The number of phenols is 1. The molecule has 1 aromatic rings. The van der Waals surface area contributed by atoms with Gasteiger partial charge in [-0.1, -0.05) is 27.5 Å². The van der Waals surface area contributed by atoms with Gasteiger partial charge in [0.2, 0.25) is 0 Å². The molecule has 1 N–H and O–H groups in total. The van der Waals surface area contributed by atoms with Gasteiger partial charge in [0.05, 0.1) is 6.61 Å². The maximum absolute atomic E-state index is 9.07. The molecule has 1 aromatic carbocycles. The maximum atomic E-state index is 9.07. The van der Waals surface area contributed by atoms with E-state index in [0.29, 0.717) is 19.0 Å². The zero-order valence-electron chi connectivity index (χ0n) is 8.18. The monoisotopic (exact) mass is 240 g/mol.